The standard InChI is InChI=1S/C19H19F3N2O2S/c1-26-16-7-2-13(3-8-16)11-24(15-5-6-15)18(25)12-27-17-9-4-14(10-23-17)19(20,21)22/h2-4,7-10,15H,5-6,11-12H2,1H3. The highest BCUT2D eigenvalue weighted by Crippen LogP contribution is 2.31. The molecule has 0 aliphatic heterocycles. The number of methoxy groups -OCH3 is 1. The first kappa shape index (κ1) is 19.5. The predicted molar refractivity (Wildman–Crippen MR) is 96.5 cm³/mol. The van der Waals surface area contributed by atoms with Crippen molar-refractivity contribution in [3.63, 3.8) is 0 Å². The van der Waals surface area contributed by atoms with Gasteiger partial charge in [0.05, 0.1) is 23.5 Å². The Hall–Kier alpha value is -2.22. The molecule has 0 saturated heterocycles. The van der Waals surface area contributed by atoms with Crippen LogP contribution in [-0.4, -0.2) is 34.7 Å². The largest absolute Gasteiger partial charge is 0.497 e. The monoisotopic (exact) mass is 396 g/mol. The Morgan fingerprint density at radius 3 is 2.44 bits per heavy atom. The molecule has 1 aromatic carbocycles. The number of hydrogen-bond donors (Lipinski definition) is 0. The van der Waals surface area contributed by atoms with Crippen molar-refractivity contribution >= 4 is 17.7 Å². The Morgan fingerprint density at radius 2 is 1.93 bits per heavy atom. The van der Waals surface area contributed by atoms with Crippen LogP contribution < -0.4 is 4.74 Å². The van der Waals surface area contributed by atoms with Crippen molar-refractivity contribution in [3.05, 3.63) is 53.7 Å². The average Bonchev–Trinajstić information content (AvgIpc) is 3.49. The highest BCUT2D eigenvalue weighted by atomic mass is 32.2. The van der Waals surface area contributed by atoms with Gasteiger partial charge in [-0.1, -0.05) is 23.9 Å². The molecular weight excluding hydrogens is 377 g/mol. The maximum Gasteiger partial charge on any atom is 0.417 e. The van der Waals surface area contributed by atoms with Gasteiger partial charge < -0.3 is 9.64 Å². The van der Waals surface area contributed by atoms with Gasteiger partial charge in [0.1, 0.15) is 5.75 Å². The van der Waals surface area contributed by atoms with E-state index in [1.807, 2.05) is 29.2 Å². The first-order chi connectivity index (χ1) is 12.9. The Bertz CT molecular complexity index is 775. The topological polar surface area (TPSA) is 42.4 Å². The van der Waals surface area contributed by atoms with Crippen LogP contribution in [0.5, 0.6) is 5.75 Å². The normalized spacial score (nSPS) is 14.1. The van der Waals surface area contributed by atoms with E-state index in [-0.39, 0.29) is 17.7 Å². The van der Waals surface area contributed by atoms with Gasteiger partial charge in [0.15, 0.2) is 0 Å². The summed E-state index contributed by atoms with van der Waals surface area (Å²) in [5.74, 6) is 0.859. The van der Waals surface area contributed by atoms with Gasteiger partial charge in [-0.25, -0.2) is 4.98 Å². The molecule has 144 valence electrons. The molecule has 4 nitrogen and oxygen atoms in total. The van der Waals surface area contributed by atoms with Crippen molar-refractivity contribution in [2.24, 2.45) is 0 Å². The molecule has 27 heavy (non-hydrogen) atoms. The van der Waals surface area contributed by atoms with E-state index in [4.69, 9.17) is 4.74 Å². The second-order valence-corrected chi connectivity index (χ2v) is 7.27. The Balaban J connectivity index is 1.58. The Morgan fingerprint density at radius 1 is 1.22 bits per heavy atom. The first-order valence-corrected chi connectivity index (χ1v) is 9.44. The molecule has 3 rings (SSSR count). The lowest BCUT2D eigenvalue weighted by molar-refractivity contribution is -0.138. The van der Waals surface area contributed by atoms with Crippen molar-refractivity contribution in [1.82, 2.24) is 9.88 Å². The third-order valence-electron chi connectivity index (χ3n) is 4.23. The zero-order chi connectivity index (χ0) is 19.4. The fraction of sp³-hybridized carbons (Fsp3) is 0.368. The average molecular weight is 396 g/mol. The highest BCUT2D eigenvalue weighted by Gasteiger charge is 2.33. The number of alkyl halides is 3. The van der Waals surface area contributed by atoms with Crippen molar-refractivity contribution in [3.8, 4) is 5.75 Å². The first-order valence-electron chi connectivity index (χ1n) is 8.45. The maximum absolute atomic E-state index is 12.6. The van der Waals surface area contributed by atoms with Crippen LogP contribution in [0.15, 0.2) is 47.6 Å². The number of nitrogens with zero attached hydrogens (tertiary/aromatic N) is 2. The van der Waals surface area contributed by atoms with Crippen LogP contribution >= 0.6 is 11.8 Å². The Labute approximate surface area is 159 Å². The third kappa shape index (κ3) is 5.38. The molecular formula is C19H19F3N2O2S. The minimum atomic E-state index is -4.41. The van der Waals surface area contributed by atoms with Gasteiger partial charge in [-0.15, -0.1) is 0 Å². The SMILES string of the molecule is COc1ccc(CN(C(=O)CSc2ccc(C(F)(F)F)cn2)C2CC2)cc1. The van der Waals surface area contributed by atoms with Gasteiger partial charge in [0.2, 0.25) is 5.91 Å². The van der Waals surface area contributed by atoms with E-state index in [2.05, 4.69) is 4.98 Å². The molecule has 0 atom stereocenters. The van der Waals surface area contributed by atoms with E-state index in [0.717, 1.165) is 48.2 Å². The van der Waals surface area contributed by atoms with Gasteiger partial charge in [0, 0.05) is 18.8 Å². The fourth-order valence-electron chi connectivity index (χ4n) is 2.59. The third-order valence-corrected chi connectivity index (χ3v) is 5.16. The number of hydrogen-bond acceptors (Lipinski definition) is 4. The van der Waals surface area contributed by atoms with E-state index in [9.17, 15) is 18.0 Å². The number of carbonyl (C=O) groups is 1. The molecule has 2 aromatic rings. The predicted octanol–water partition coefficient (Wildman–Crippen LogP) is 4.39. The molecule has 1 aliphatic rings. The number of rotatable bonds is 7. The summed E-state index contributed by atoms with van der Waals surface area (Å²) in [6.45, 7) is 0.508. The maximum atomic E-state index is 12.6. The molecule has 0 spiro atoms. The number of amides is 1. The van der Waals surface area contributed by atoms with Crippen LogP contribution in [-0.2, 0) is 17.5 Å². The molecule has 0 unspecified atom stereocenters. The zero-order valence-electron chi connectivity index (χ0n) is 14.7. The highest BCUT2D eigenvalue weighted by molar-refractivity contribution is 7.99. The van der Waals surface area contributed by atoms with Gasteiger partial charge in [-0.3, -0.25) is 4.79 Å². The summed E-state index contributed by atoms with van der Waals surface area (Å²) >= 11 is 1.15. The number of ether oxygens (including phenoxy) is 1. The summed E-state index contributed by atoms with van der Waals surface area (Å²) in [5.41, 5.74) is 0.214. The summed E-state index contributed by atoms with van der Waals surface area (Å²) in [7, 11) is 1.60. The number of aromatic nitrogens is 1. The lowest BCUT2D eigenvalue weighted by Crippen LogP contribution is -2.33. The van der Waals surface area contributed by atoms with Gasteiger partial charge >= 0.3 is 6.18 Å². The summed E-state index contributed by atoms with van der Waals surface area (Å²) in [4.78, 5) is 18.3. The van der Waals surface area contributed by atoms with E-state index in [1.54, 1.807) is 7.11 Å². The summed E-state index contributed by atoms with van der Waals surface area (Å²) < 4.78 is 42.9. The van der Waals surface area contributed by atoms with E-state index >= 15 is 0 Å². The summed E-state index contributed by atoms with van der Waals surface area (Å²) in [5, 5.41) is 0.400. The van der Waals surface area contributed by atoms with Crippen LogP contribution in [0.1, 0.15) is 24.0 Å². The second-order valence-electron chi connectivity index (χ2n) is 6.27. The van der Waals surface area contributed by atoms with Crippen LogP contribution in [0.25, 0.3) is 0 Å². The summed E-state index contributed by atoms with van der Waals surface area (Å²) in [6, 6.07) is 10.1. The molecule has 1 aromatic heterocycles. The lowest BCUT2D eigenvalue weighted by Gasteiger charge is -2.22. The van der Waals surface area contributed by atoms with Crippen molar-refractivity contribution in [2.75, 3.05) is 12.9 Å². The molecule has 8 heteroatoms. The molecule has 1 heterocycles. The van der Waals surface area contributed by atoms with Crippen molar-refractivity contribution in [1.29, 1.82) is 0 Å². The van der Waals surface area contributed by atoms with Crippen LogP contribution in [0, 0.1) is 0 Å². The van der Waals surface area contributed by atoms with Gasteiger partial charge in [0.25, 0.3) is 0 Å². The Kier molecular flexibility index (Phi) is 5.94. The van der Waals surface area contributed by atoms with Crippen LogP contribution in [0.3, 0.4) is 0 Å². The molecule has 1 saturated carbocycles. The van der Waals surface area contributed by atoms with Crippen molar-refractivity contribution in [2.45, 2.75) is 36.6 Å². The van der Waals surface area contributed by atoms with Gasteiger partial charge in [-0.2, -0.15) is 13.2 Å². The number of carbonyl (C=O) groups excluding carboxylic acids is 1. The van der Waals surface area contributed by atoms with Crippen LogP contribution in [0.4, 0.5) is 13.2 Å². The quantitative estimate of drug-likeness (QED) is 0.651. The minimum Gasteiger partial charge on any atom is -0.497 e. The van der Waals surface area contributed by atoms with E-state index in [1.165, 1.54) is 6.07 Å². The van der Waals surface area contributed by atoms with Crippen LogP contribution in [0.2, 0.25) is 0 Å². The van der Waals surface area contributed by atoms with Crippen molar-refractivity contribution < 1.29 is 22.7 Å². The number of halogens is 3. The second kappa shape index (κ2) is 8.21. The fourth-order valence-corrected chi connectivity index (χ4v) is 3.32. The lowest BCUT2D eigenvalue weighted by atomic mass is 10.2. The minimum absolute atomic E-state index is 0.0417. The molecule has 1 aliphatic carbocycles. The van der Waals surface area contributed by atoms with E-state index in [0.29, 0.717) is 11.6 Å². The molecule has 0 radical (unpaired) electrons. The molecule has 1 amide bonds. The van der Waals surface area contributed by atoms with Gasteiger partial charge in [-0.05, 0) is 42.7 Å². The molecule has 1 fully saturated rings. The number of pyridine rings is 1. The number of benzene rings is 1. The molecule has 0 bridgehead atoms. The molecule has 0 N–H and O–H groups in total. The van der Waals surface area contributed by atoms with E-state index < -0.39 is 11.7 Å². The smallest absolute Gasteiger partial charge is 0.417 e. The zero-order valence-corrected chi connectivity index (χ0v) is 15.5. The summed E-state index contributed by atoms with van der Waals surface area (Å²) in [6.07, 6.45) is -1.66. The number of thioether (sulfide) groups is 1.